The summed E-state index contributed by atoms with van der Waals surface area (Å²) in [5.41, 5.74) is 1.17. The number of benzene rings is 1. The normalized spacial score (nSPS) is 16.1. The molecule has 2 aromatic rings. The van der Waals surface area contributed by atoms with E-state index in [0.717, 1.165) is 18.5 Å². The Morgan fingerprint density at radius 1 is 1.40 bits per heavy atom. The molecule has 1 fully saturated rings. The zero-order valence-electron chi connectivity index (χ0n) is 11.3. The molecule has 3 rings (SSSR count). The van der Waals surface area contributed by atoms with Gasteiger partial charge in [0.1, 0.15) is 12.1 Å². The summed E-state index contributed by atoms with van der Waals surface area (Å²) in [6, 6.07) is 4.66. The molecule has 1 aliphatic rings. The van der Waals surface area contributed by atoms with Crippen LogP contribution >= 0.6 is 0 Å². The van der Waals surface area contributed by atoms with Crippen molar-refractivity contribution in [3.63, 3.8) is 0 Å². The van der Waals surface area contributed by atoms with Crippen LogP contribution in [-0.4, -0.2) is 21.4 Å². The molecule has 6 heteroatoms. The standard InChI is InChI=1S/C14H16N4O2/c1-2-14(5-6-14)8-15-13-11-7-10(18(19)20)3-4-12(11)16-9-17-13/h3-4,7,9H,2,5-6,8H2,1H3,(H,15,16,17). The first-order valence-electron chi connectivity index (χ1n) is 6.77. The van der Waals surface area contributed by atoms with Crippen LogP contribution in [0.15, 0.2) is 24.5 Å². The van der Waals surface area contributed by atoms with E-state index in [4.69, 9.17) is 0 Å². The monoisotopic (exact) mass is 272 g/mol. The van der Waals surface area contributed by atoms with Crippen LogP contribution in [0.1, 0.15) is 26.2 Å². The Hall–Kier alpha value is -2.24. The Bertz CT molecular complexity index is 667. The minimum Gasteiger partial charge on any atom is -0.369 e. The minimum atomic E-state index is -0.398. The number of anilines is 1. The van der Waals surface area contributed by atoms with Crippen molar-refractivity contribution in [3.8, 4) is 0 Å². The zero-order valence-corrected chi connectivity index (χ0v) is 11.3. The number of non-ortho nitro benzene ring substituents is 1. The molecule has 0 amide bonds. The fourth-order valence-electron chi connectivity index (χ4n) is 2.40. The van der Waals surface area contributed by atoms with Crippen LogP contribution in [0.2, 0.25) is 0 Å². The molecule has 0 aliphatic heterocycles. The van der Waals surface area contributed by atoms with Gasteiger partial charge in [-0.1, -0.05) is 6.92 Å². The molecule has 0 atom stereocenters. The molecule has 1 heterocycles. The zero-order chi connectivity index (χ0) is 14.2. The summed E-state index contributed by atoms with van der Waals surface area (Å²) in [7, 11) is 0. The molecule has 0 radical (unpaired) electrons. The van der Waals surface area contributed by atoms with E-state index >= 15 is 0 Å². The maximum Gasteiger partial charge on any atom is 0.270 e. The van der Waals surface area contributed by atoms with Gasteiger partial charge in [0.15, 0.2) is 0 Å². The van der Waals surface area contributed by atoms with Gasteiger partial charge in [0.25, 0.3) is 5.69 Å². The molecule has 1 aliphatic carbocycles. The maximum atomic E-state index is 10.9. The van der Waals surface area contributed by atoms with Gasteiger partial charge in [0, 0.05) is 24.1 Å². The van der Waals surface area contributed by atoms with Gasteiger partial charge >= 0.3 is 0 Å². The summed E-state index contributed by atoms with van der Waals surface area (Å²) in [6.45, 7) is 3.05. The quantitative estimate of drug-likeness (QED) is 0.668. The average molecular weight is 272 g/mol. The van der Waals surface area contributed by atoms with Crippen LogP contribution < -0.4 is 5.32 Å². The Labute approximate surface area is 116 Å². The van der Waals surface area contributed by atoms with Crippen molar-refractivity contribution in [2.45, 2.75) is 26.2 Å². The topological polar surface area (TPSA) is 81.0 Å². The molecule has 20 heavy (non-hydrogen) atoms. The number of nitro benzene ring substituents is 1. The smallest absolute Gasteiger partial charge is 0.270 e. The molecular formula is C14H16N4O2. The minimum absolute atomic E-state index is 0.0620. The van der Waals surface area contributed by atoms with E-state index in [0.29, 0.717) is 16.6 Å². The number of rotatable bonds is 5. The van der Waals surface area contributed by atoms with Gasteiger partial charge in [-0.25, -0.2) is 9.97 Å². The fraction of sp³-hybridized carbons (Fsp3) is 0.429. The maximum absolute atomic E-state index is 10.9. The summed E-state index contributed by atoms with van der Waals surface area (Å²) in [6.07, 6.45) is 5.10. The van der Waals surface area contributed by atoms with Gasteiger partial charge in [0.2, 0.25) is 0 Å². The first-order valence-corrected chi connectivity index (χ1v) is 6.77. The molecule has 0 bridgehead atoms. The van der Waals surface area contributed by atoms with Crippen LogP contribution in [0.25, 0.3) is 10.9 Å². The SMILES string of the molecule is CCC1(CNc2ncnc3ccc([N+](=O)[O-])cc23)CC1. The highest BCUT2D eigenvalue weighted by atomic mass is 16.6. The van der Waals surface area contributed by atoms with E-state index in [2.05, 4.69) is 22.2 Å². The lowest BCUT2D eigenvalue weighted by Gasteiger charge is -2.14. The van der Waals surface area contributed by atoms with E-state index in [1.54, 1.807) is 6.07 Å². The van der Waals surface area contributed by atoms with Crippen LogP contribution in [-0.2, 0) is 0 Å². The molecule has 0 saturated heterocycles. The number of aromatic nitrogens is 2. The van der Waals surface area contributed by atoms with E-state index in [9.17, 15) is 10.1 Å². The van der Waals surface area contributed by atoms with Gasteiger partial charge in [-0.05, 0) is 30.7 Å². The fourth-order valence-corrected chi connectivity index (χ4v) is 2.40. The van der Waals surface area contributed by atoms with Crippen LogP contribution in [0.4, 0.5) is 11.5 Å². The third-order valence-corrected chi connectivity index (χ3v) is 4.17. The van der Waals surface area contributed by atoms with E-state index in [1.165, 1.54) is 31.3 Å². The van der Waals surface area contributed by atoms with Gasteiger partial charge < -0.3 is 5.32 Å². The Morgan fingerprint density at radius 2 is 2.20 bits per heavy atom. The van der Waals surface area contributed by atoms with Crippen molar-refractivity contribution >= 4 is 22.4 Å². The first-order chi connectivity index (χ1) is 9.63. The van der Waals surface area contributed by atoms with Crippen LogP contribution in [0.3, 0.4) is 0 Å². The highest BCUT2D eigenvalue weighted by molar-refractivity contribution is 5.90. The third kappa shape index (κ3) is 2.29. The molecule has 0 spiro atoms. The summed E-state index contributed by atoms with van der Waals surface area (Å²) in [4.78, 5) is 18.9. The predicted octanol–water partition coefficient (Wildman–Crippen LogP) is 3.14. The lowest BCUT2D eigenvalue weighted by Crippen LogP contribution is -2.15. The second-order valence-corrected chi connectivity index (χ2v) is 5.39. The number of fused-ring (bicyclic) bond motifs is 1. The predicted molar refractivity (Wildman–Crippen MR) is 76.6 cm³/mol. The average Bonchev–Trinajstić information content (AvgIpc) is 3.25. The van der Waals surface area contributed by atoms with Gasteiger partial charge in [-0.3, -0.25) is 10.1 Å². The lowest BCUT2D eigenvalue weighted by molar-refractivity contribution is -0.384. The van der Waals surface area contributed by atoms with Gasteiger partial charge in [-0.2, -0.15) is 0 Å². The van der Waals surface area contributed by atoms with Gasteiger partial charge in [0.05, 0.1) is 10.4 Å². The number of hydrogen-bond acceptors (Lipinski definition) is 5. The lowest BCUT2D eigenvalue weighted by atomic mass is 10.0. The van der Waals surface area contributed by atoms with Crippen molar-refractivity contribution in [2.24, 2.45) is 5.41 Å². The third-order valence-electron chi connectivity index (χ3n) is 4.17. The van der Waals surface area contributed by atoms with Gasteiger partial charge in [-0.15, -0.1) is 0 Å². The summed E-state index contributed by atoms with van der Waals surface area (Å²) in [5, 5.41) is 14.9. The molecule has 1 saturated carbocycles. The molecule has 1 N–H and O–H groups in total. The van der Waals surface area contributed by atoms with E-state index < -0.39 is 4.92 Å². The molecule has 6 nitrogen and oxygen atoms in total. The van der Waals surface area contributed by atoms with Crippen molar-refractivity contribution < 1.29 is 4.92 Å². The summed E-state index contributed by atoms with van der Waals surface area (Å²) < 4.78 is 0. The molecule has 1 aromatic carbocycles. The molecule has 0 unspecified atom stereocenters. The number of hydrogen-bond donors (Lipinski definition) is 1. The Morgan fingerprint density at radius 3 is 2.85 bits per heavy atom. The highest BCUT2D eigenvalue weighted by Gasteiger charge is 2.40. The van der Waals surface area contributed by atoms with Crippen molar-refractivity contribution in [3.05, 3.63) is 34.6 Å². The summed E-state index contributed by atoms with van der Waals surface area (Å²) >= 11 is 0. The second kappa shape index (κ2) is 4.70. The largest absolute Gasteiger partial charge is 0.369 e. The van der Waals surface area contributed by atoms with E-state index in [-0.39, 0.29) is 5.69 Å². The number of nitrogens with one attached hydrogen (secondary N) is 1. The first kappa shape index (κ1) is 12.8. The highest BCUT2D eigenvalue weighted by Crippen LogP contribution is 2.48. The van der Waals surface area contributed by atoms with E-state index in [1.807, 2.05) is 0 Å². The van der Waals surface area contributed by atoms with Crippen molar-refractivity contribution in [2.75, 3.05) is 11.9 Å². The van der Waals surface area contributed by atoms with Crippen LogP contribution in [0.5, 0.6) is 0 Å². The Kier molecular flexibility index (Phi) is 3.00. The summed E-state index contributed by atoms with van der Waals surface area (Å²) in [5.74, 6) is 0.679. The number of nitrogens with zero attached hydrogens (tertiary/aromatic N) is 3. The molecule has 104 valence electrons. The Balaban J connectivity index is 1.93. The second-order valence-electron chi connectivity index (χ2n) is 5.39. The van der Waals surface area contributed by atoms with Crippen molar-refractivity contribution in [1.29, 1.82) is 0 Å². The number of nitro groups is 1. The molecule has 1 aromatic heterocycles. The molecular weight excluding hydrogens is 256 g/mol. The van der Waals surface area contributed by atoms with Crippen LogP contribution in [0, 0.1) is 15.5 Å². The van der Waals surface area contributed by atoms with Crippen molar-refractivity contribution in [1.82, 2.24) is 9.97 Å².